The predicted molar refractivity (Wildman–Crippen MR) is 257 cm³/mol. The molecule has 1 aliphatic heterocycles. The molecule has 0 spiro atoms. The van der Waals surface area contributed by atoms with Crippen LogP contribution in [0.15, 0.2) is 163 Å². The monoisotopic (exact) mass is 924 g/mol. The summed E-state index contributed by atoms with van der Waals surface area (Å²) in [5.74, 6) is -0.441. The molecule has 14 heteroatoms. The number of benzene rings is 4. The number of nitrogens with zero attached hydrogens (tertiary/aromatic N) is 6. The third kappa shape index (κ3) is 11.8. The van der Waals surface area contributed by atoms with Gasteiger partial charge in [0.05, 0.1) is 41.2 Å². The van der Waals surface area contributed by atoms with E-state index in [4.69, 9.17) is 32.7 Å². The molecule has 67 heavy (non-hydrogen) atoms. The van der Waals surface area contributed by atoms with E-state index >= 15 is 0 Å². The van der Waals surface area contributed by atoms with E-state index in [0.29, 0.717) is 43.4 Å². The van der Waals surface area contributed by atoms with Crippen LogP contribution in [0.5, 0.6) is 5.75 Å². The number of nitriles is 2. The van der Waals surface area contributed by atoms with Crippen molar-refractivity contribution in [3.05, 3.63) is 212 Å². The van der Waals surface area contributed by atoms with Gasteiger partial charge in [-0.2, -0.15) is 10.5 Å². The van der Waals surface area contributed by atoms with Crippen LogP contribution in [0.25, 0.3) is 23.2 Å². The van der Waals surface area contributed by atoms with Gasteiger partial charge in [-0.1, -0.05) is 126 Å². The number of rotatable bonds is 15. The fourth-order valence-corrected chi connectivity index (χ4v) is 7.96. The van der Waals surface area contributed by atoms with Gasteiger partial charge in [-0.3, -0.25) is 14.5 Å². The number of carbonyl (C=O) groups is 2. The SMILES string of the molecule is N#CC(=Cc1ccc2cc(C3CN(CCOc4ccc(C(NC(=O)C(C#N)=Cc5nc(Cl)ccc5Cl)c5ccccc5)cc4)CCO3)cnc2n1)C(=O)NC(c1ccccc1)c1ccccc1. The molecule has 4 aromatic carbocycles. The van der Waals surface area contributed by atoms with Gasteiger partial charge in [-0.25, -0.2) is 15.0 Å². The lowest BCUT2D eigenvalue weighted by atomic mass is 9.98. The minimum absolute atomic E-state index is 0.0740. The highest BCUT2D eigenvalue weighted by molar-refractivity contribution is 6.33. The lowest BCUT2D eigenvalue weighted by Gasteiger charge is -2.33. The van der Waals surface area contributed by atoms with Crippen LogP contribution < -0.4 is 15.4 Å². The standard InChI is InChI=1S/C53H42Cl2N8O4/c54-45-22-23-48(55)60-46(45)30-41(32-57)53(65)62-50(37-14-8-3-9-15-37)38-17-20-44(21-18-38)66-26-24-63-25-27-67-47(34-63)42-28-39-16-19-43(59-51(39)58-33-42)29-40(31-56)52(64)61-49(35-10-4-1-5-11-35)36-12-6-2-7-13-36/h1-23,28-30,33,47,49-50H,24-27,34H2,(H,61,64)(H,62,65). The molecule has 0 saturated carbocycles. The third-order valence-electron chi connectivity index (χ3n) is 11.1. The summed E-state index contributed by atoms with van der Waals surface area (Å²) in [5, 5.41) is 27.2. The van der Waals surface area contributed by atoms with Crippen molar-refractivity contribution in [1.82, 2.24) is 30.5 Å². The van der Waals surface area contributed by atoms with Gasteiger partial charge in [-0.15, -0.1) is 0 Å². The van der Waals surface area contributed by atoms with Crippen molar-refractivity contribution in [3.63, 3.8) is 0 Å². The average Bonchev–Trinajstić information content (AvgIpc) is 3.37. The first kappa shape index (κ1) is 45.8. The van der Waals surface area contributed by atoms with E-state index in [9.17, 15) is 20.1 Å². The van der Waals surface area contributed by atoms with Crippen molar-refractivity contribution < 1.29 is 19.1 Å². The van der Waals surface area contributed by atoms with Crippen LogP contribution in [-0.4, -0.2) is 64.5 Å². The van der Waals surface area contributed by atoms with E-state index in [1.54, 1.807) is 18.3 Å². The predicted octanol–water partition coefficient (Wildman–Crippen LogP) is 9.41. The minimum atomic E-state index is -0.595. The topological polar surface area (TPSA) is 166 Å². The summed E-state index contributed by atoms with van der Waals surface area (Å²) in [5.41, 5.74) is 5.19. The molecule has 2 atom stereocenters. The molecule has 0 bridgehead atoms. The van der Waals surface area contributed by atoms with Crippen molar-refractivity contribution >= 4 is 58.2 Å². The van der Waals surface area contributed by atoms with Gasteiger partial charge in [0.1, 0.15) is 40.8 Å². The molecule has 2 amide bonds. The molecule has 0 radical (unpaired) electrons. The smallest absolute Gasteiger partial charge is 0.262 e. The van der Waals surface area contributed by atoms with E-state index in [-0.39, 0.29) is 33.1 Å². The summed E-state index contributed by atoms with van der Waals surface area (Å²) < 4.78 is 12.4. The van der Waals surface area contributed by atoms with E-state index in [2.05, 4.69) is 30.5 Å². The van der Waals surface area contributed by atoms with Crippen molar-refractivity contribution in [2.75, 3.05) is 32.8 Å². The lowest BCUT2D eigenvalue weighted by molar-refractivity contribution is -0.118. The lowest BCUT2D eigenvalue weighted by Crippen LogP contribution is -2.40. The number of fused-ring (bicyclic) bond motifs is 1. The number of halogens is 2. The summed E-state index contributed by atoms with van der Waals surface area (Å²) >= 11 is 12.3. The fraction of sp³-hybridized carbons (Fsp3) is 0.151. The van der Waals surface area contributed by atoms with Gasteiger partial charge in [0.25, 0.3) is 11.8 Å². The van der Waals surface area contributed by atoms with E-state index in [1.807, 2.05) is 140 Å². The maximum atomic E-state index is 13.5. The maximum Gasteiger partial charge on any atom is 0.262 e. The Kier molecular flexibility index (Phi) is 15.0. The number of pyridine rings is 3. The van der Waals surface area contributed by atoms with Crippen LogP contribution in [-0.2, 0) is 14.3 Å². The first-order valence-electron chi connectivity index (χ1n) is 21.4. The summed E-state index contributed by atoms with van der Waals surface area (Å²) in [6.45, 7) is 2.99. The molecular formula is C53H42Cl2N8O4. The third-order valence-corrected chi connectivity index (χ3v) is 11.6. The summed E-state index contributed by atoms with van der Waals surface area (Å²) in [6.07, 6.45) is 4.33. The average molecular weight is 926 g/mol. The Morgan fingerprint density at radius 2 is 1.33 bits per heavy atom. The Morgan fingerprint density at radius 3 is 1.93 bits per heavy atom. The highest BCUT2D eigenvalue weighted by Crippen LogP contribution is 2.28. The van der Waals surface area contributed by atoms with Gasteiger partial charge in [0.2, 0.25) is 0 Å². The van der Waals surface area contributed by atoms with E-state index in [1.165, 1.54) is 18.2 Å². The van der Waals surface area contributed by atoms with Crippen molar-refractivity contribution in [2.24, 2.45) is 0 Å². The summed E-state index contributed by atoms with van der Waals surface area (Å²) in [7, 11) is 0. The number of carbonyl (C=O) groups excluding carboxylic acids is 2. The van der Waals surface area contributed by atoms with E-state index in [0.717, 1.165) is 39.7 Å². The fourth-order valence-electron chi connectivity index (χ4n) is 7.64. The van der Waals surface area contributed by atoms with Crippen LogP contribution >= 0.6 is 23.2 Å². The number of aromatic nitrogens is 3. The number of nitrogens with one attached hydrogen (secondary N) is 2. The van der Waals surface area contributed by atoms with E-state index < -0.39 is 23.9 Å². The molecule has 0 aliphatic carbocycles. The van der Waals surface area contributed by atoms with Crippen molar-refractivity contribution in [1.29, 1.82) is 10.5 Å². The highest BCUT2D eigenvalue weighted by atomic mass is 35.5. The van der Waals surface area contributed by atoms with Crippen LogP contribution in [0.3, 0.4) is 0 Å². The molecule has 1 fully saturated rings. The first-order valence-corrected chi connectivity index (χ1v) is 22.2. The second kappa shape index (κ2) is 22.0. The Balaban J connectivity index is 0.874. The normalized spacial score (nSPS) is 14.7. The largest absolute Gasteiger partial charge is 0.492 e. The van der Waals surface area contributed by atoms with Gasteiger partial charge in [0.15, 0.2) is 5.65 Å². The molecule has 1 saturated heterocycles. The molecule has 12 nitrogen and oxygen atoms in total. The highest BCUT2D eigenvalue weighted by Gasteiger charge is 2.24. The number of hydrogen-bond donors (Lipinski definition) is 2. The Bertz CT molecular complexity index is 2970. The van der Waals surface area contributed by atoms with Crippen molar-refractivity contribution in [3.8, 4) is 17.9 Å². The molecule has 2 unspecified atom stereocenters. The zero-order valence-corrected chi connectivity index (χ0v) is 37.4. The molecule has 2 N–H and O–H groups in total. The van der Waals surface area contributed by atoms with Crippen LogP contribution in [0.1, 0.15) is 57.4 Å². The van der Waals surface area contributed by atoms with Gasteiger partial charge in [0, 0.05) is 36.8 Å². The van der Waals surface area contributed by atoms with Gasteiger partial charge in [-0.05, 0) is 76.9 Å². The molecule has 3 aromatic heterocycles. The molecule has 4 heterocycles. The number of hydrogen-bond acceptors (Lipinski definition) is 10. The zero-order chi connectivity index (χ0) is 46.5. The van der Waals surface area contributed by atoms with Gasteiger partial charge >= 0.3 is 0 Å². The van der Waals surface area contributed by atoms with Crippen LogP contribution in [0.4, 0.5) is 0 Å². The second-order valence-corrected chi connectivity index (χ2v) is 16.3. The summed E-state index contributed by atoms with van der Waals surface area (Å²) in [4.78, 5) is 42.6. The Morgan fingerprint density at radius 1 is 0.746 bits per heavy atom. The number of morpholine rings is 1. The first-order chi connectivity index (χ1) is 32.7. The quantitative estimate of drug-likeness (QED) is 0.0575. The van der Waals surface area contributed by atoms with Crippen molar-refractivity contribution in [2.45, 2.75) is 18.2 Å². The minimum Gasteiger partial charge on any atom is -0.492 e. The molecule has 7 aromatic rings. The Labute approximate surface area is 397 Å². The summed E-state index contributed by atoms with van der Waals surface area (Å²) in [6, 6.07) is 47.9. The second-order valence-electron chi connectivity index (χ2n) is 15.5. The molecule has 1 aliphatic rings. The maximum absolute atomic E-state index is 13.5. The number of ether oxygens (including phenoxy) is 2. The molecule has 8 rings (SSSR count). The zero-order valence-electron chi connectivity index (χ0n) is 35.9. The Hall–Kier alpha value is -7.71. The number of amides is 2. The molecule has 332 valence electrons. The van der Waals surface area contributed by atoms with Crippen LogP contribution in [0, 0.1) is 22.7 Å². The van der Waals surface area contributed by atoms with Crippen LogP contribution in [0.2, 0.25) is 10.2 Å². The molecular weight excluding hydrogens is 884 g/mol. The van der Waals surface area contributed by atoms with Gasteiger partial charge < -0.3 is 20.1 Å².